The first-order valence-corrected chi connectivity index (χ1v) is 12.7. The van der Waals surface area contributed by atoms with Crippen LogP contribution in [0.5, 0.6) is 0 Å². The molecule has 4 rings (SSSR count). The fourth-order valence-electron chi connectivity index (χ4n) is 5.10. The van der Waals surface area contributed by atoms with Crippen molar-refractivity contribution < 1.29 is 24.2 Å². The summed E-state index contributed by atoms with van der Waals surface area (Å²) >= 11 is 6.00. The molecule has 2 saturated heterocycles. The van der Waals surface area contributed by atoms with Gasteiger partial charge in [0.05, 0.1) is 18.8 Å². The van der Waals surface area contributed by atoms with Gasteiger partial charge in [-0.15, -0.1) is 0 Å². The highest BCUT2D eigenvalue weighted by Crippen LogP contribution is 2.53. The van der Waals surface area contributed by atoms with Crippen LogP contribution in [-0.4, -0.2) is 96.1 Å². The number of hydrogen-bond acceptors (Lipinski definition) is 5. The van der Waals surface area contributed by atoms with Crippen molar-refractivity contribution in [1.29, 1.82) is 0 Å². The van der Waals surface area contributed by atoms with Crippen molar-refractivity contribution in [2.24, 2.45) is 5.41 Å². The normalized spacial score (nSPS) is 23.0. The van der Waals surface area contributed by atoms with Crippen LogP contribution < -0.4 is 0 Å². The minimum Gasteiger partial charge on any atom is -0.391 e. The lowest BCUT2D eigenvalue weighted by molar-refractivity contribution is -0.141. The Kier molecular flexibility index (Phi) is 8.14. The van der Waals surface area contributed by atoms with E-state index in [9.17, 15) is 19.5 Å². The molecular weight excluding hydrogens is 470 g/mol. The van der Waals surface area contributed by atoms with Crippen LogP contribution in [0.1, 0.15) is 37.7 Å². The summed E-state index contributed by atoms with van der Waals surface area (Å²) in [4.78, 5) is 43.8. The van der Waals surface area contributed by atoms with Gasteiger partial charge < -0.3 is 24.5 Å². The molecule has 1 aromatic carbocycles. The number of likely N-dealkylation sites (tertiary alicyclic amines) is 1. The number of piperidine rings is 1. The van der Waals surface area contributed by atoms with Crippen LogP contribution in [0.15, 0.2) is 30.3 Å². The quantitative estimate of drug-likeness (QED) is 0.576. The molecule has 1 saturated carbocycles. The van der Waals surface area contributed by atoms with Crippen LogP contribution in [0.2, 0.25) is 5.02 Å². The SMILES string of the molecule is COCC(CC(=O)N1CCC2(CC2)[C@H](O)C1)N1CCN(C(=O)/C=C/c2cccc(Cl)c2)CCC1=O. The van der Waals surface area contributed by atoms with Gasteiger partial charge in [0.15, 0.2) is 0 Å². The molecule has 2 aliphatic heterocycles. The van der Waals surface area contributed by atoms with Crippen molar-refractivity contribution in [2.45, 2.75) is 44.2 Å². The van der Waals surface area contributed by atoms with Crippen molar-refractivity contribution in [3.05, 3.63) is 40.9 Å². The topological polar surface area (TPSA) is 90.4 Å². The highest BCUT2D eigenvalue weighted by molar-refractivity contribution is 6.30. The summed E-state index contributed by atoms with van der Waals surface area (Å²) in [5.74, 6) is -0.337. The van der Waals surface area contributed by atoms with Gasteiger partial charge in [0.25, 0.3) is 0 Å². The monoisotopic (exact) mass is 503 g/mol. The van der Waals surface area contributed by atoms with E-state index >= 15 is 0 Å². The molecule has 0 aromatic heterocycles. The van der Waals surface area contributed by atoms with Gasteiger partial charge in [-0.25, -0.2) is 0 Å². The second-order valence-corrected chi connectivity index (χ2v) is 10.3. The fourth-order valence-corrected chi connectivity index (χ4v) is 5.30. The standard InChI is InChI=1S/C26H34ClN3O5/c1-35-18-21(16-25(34)29-12-10-26(8-9-26)22(31)17-29)30-14-13-28(11-7-24(30)33)23(32)6-5-19-3-2-4-20(27)15-19/h2-6,15,21-22,31H,7-14,16-18H2,1H3/b6-5+/t21?,22-/m1/s1. The molecule has 35 heavy (non-hydrogen) atoms. The largest absolute Gasteiger partial charge is 0.391 e. The van der Waals surface area contributed by atoms with E-state index < -0.39 is 12.1 Å². The molecule has 2 heterocycles. The van der Waals surface area contributed by atoms with E-state index in [0.29, 0.717) is 37.7 Å². The predicted molar refractivity (Wildman–Crippen MR) is 133 cm³/mol. The molecule has 3 amide bonds. The summed E-state index contributed by atoms with van der Waals surface area (Å²) in [5, 5.41) is 11.1. The highest BCUT2D eigenvalue weighted by atomic mass is 35.5. The Hall–Kier alpha value is -2.42. The maximum absolute atomic E-state index is 13.1. The third-order valence-corrected chi connectivity index (χ3v) is 7.78. The summed E-state index contributed by atoms with van der Waals surface area (Å²) in [7, 11) is 1.55. The molecule has 1 N–H and O–H groups in total. The summed E-state index contributed by atoms with van der Waals surface area (Å²) in [6, 6.07) is 6.82. The number of aliphatic hydroxyl groups is 1. The fraction of sp³-hybridized carbons (Fsp3) is 0.577. The van der Waals surface area contributed by atoms with Gasteiger partial charge in [-0.05, 0) is 48.4 Å². The minimum atomic E-state index is -0.472. The van der Waals surface area contributed by atoms with Crippen LogP contribution in [0.25, 0.3) is 6.08 Å². The van der Waals surface area contributed by atoms with Crippen molar-refractivity contribution >= 4 is 35.4 Å². The molecule has 9 heteroatoms. The molecular formula is C26H34ClN3O5. The van der Waals surface area contributed by atoms with Crippen molar-refractivity contribution in [3.63, 3.8) is 0 Å². The van der Waals surface area contributed by atoms with Gasteiger partial charge in [-0.1, -0.05) is 23.7 Å². The number of benzene rings is 1. The Bertz CT molecular complexity index is 979. The summed E-state index contributed by atoms with van der Waals surface area (Å²) in [6.07, 6.45) is 5.97. The third kappa shape index (κ3) is 6.23. The van der Waals surface area contributed by atoms with E-state index in [4.69, 9.17) is 16.3 Å². The second-order valence-electron chi connectivity index (χ2n) is 9.83. The predicted octanol–water partition coefficient (Wildman–Crippen LogP) is 2.19. The number of carbonyl (C=O) groups is 3. The number of nitrogens with zero attached hydrogens (tertiary/aromatic N) is 3. The molecule has 3 aliphatic rings. The molecule has 0 bridgehead atoms. The first-order chi connectivity index (χ1) is 16.8. The lowest BCUT2D eigenvalue weighted by atomic mass is 9.90. The zero-order valence-corrected chi connectivity index (χ0v) is 21.0. The van der Waals surface area contributed by atoms with Crippen molar-refractivity contribution in [1.82, 2.24) is 14.7 Å². The Balaban J connectivity index is 1.35. The number of halogens is 1. The van der Waals surface area contributed by atoms with Crippen molar-refractivity contribution in [3.8, 4) is 0 Å². The molecule has 1 aromatic rings. The smallest absolute Gasteiger partial charge is 0.246 e. The van der Waals surface area contributed by atoms with Gasteiger partial charge >= 0.3 is 0 Å². The van der Waals surface area contributed by atoms with Gasteiger partial charge in [0.2, 0.25) is 17.7 Å². The lowest BCUT2D eigenvalue weighted by Gasteiger charge is -2.38. The number of aliphatic hydroxyl groups excluding tert-OH is 1. The zero-order valence-electron chi connectivity index (χ0n) is 20.2. The highest BCUT2D eigenvalue weighted by Gasteiger charge is 2.51. The Morgan fingerprint density at radius 3 is 2.69 bits per heavy atom. The van der Waals surface area contributed by atoms with E-state index in [1.54, 1.807) is 40.0 Å². The summed E-state index contributed by atoms with van der Waals surface area (Å²) in [6.45, 7) is 2.27. The number of methoxy groups -OCH3 is 1. The number of hydrogen-bond donors (Lipinski definition) is 1. The first-order valence-electron chi connectivity index (χ1n) is 12.3. The Labute approximate surface area is 211 Å². The van der Waals surface area contributed by atoms with E-state index in [2.05, 4.69) is 0 Å². The number of β-amino-alcohol motifs (C(OH)–C–C–N with tert-alkyl or cyclic N) is 1. The van der Waals surface area contributed by atoms with Gasteiger partial charge in [0, 0.05) is 63.8 Å². The molecule has 1 spiro atoms. The Morgan fingerprint density at radius 2 is 2.00 bits per heavy atom. The van der Waals surface area contributed by atoms with Gasteiger partial charge in [-0.2, -0.15) is 0 Å². The Morgan fingerprint density at radius 1 is 1.20 bits per heavy atom. The van der Waals surface area contributed by atoms with Crippen LogP contribution in [0.3, 0.4) is 0 Å². The van der Waals surface area contributed by atoms with Crippen molar-refractivity contribution in [2.75, 3.05) is 46.4 Å². The molecule has 0 radical (unpaired) electrons. The minimum absolute atomic E-state index is 0.0285. The van der Waals surface area contributed by atoms with Gasteiger partial charge in [0.1, 0.15) is 0 Å². The van der Waals surface area contributed by atoms with E-state index in [1.807, 2.05) is 12.1 Å². The van der Waals surface area contributed by atoms with E-state index in [1.165, 1.54) is 6.08 Å². The molecule has 8 nitrogen and oxygen atoms in total. The molecule has 1 unspecified atom stereocenters. The first kappa shape index (κ1) is 25.7. The van der Waals surface area contributed by atoms with E-state index in [-0.39, 0.29) is 42.6 Å². The maximum Gasteiger partial charge on any atom is 0.246 e. The summed E-state index contributed by atoms with van der Waals surface area (Å²) < 4.78 is 5.35. The number of ether oxygens (including phenoxy) is 1. The zero-order chi connectivity index (χ0) is 25.0. The summed E-state index contributed by atoms with van der Waals surface area (Å²) in [5.41, 5.74) is 0.855. The number of amides is 3. The average Bonchev–Trinajstić information content (AvgIpc) is 3.64. The van der Waals surface area contributed by atoms with Crippen LogP contribution in [-0.2, 0) is 19.1 Å². The van der Waals surface area contributed by atoms with Crippen LogP contribution >= 0.6 is 11.6 Å². The molecule has 1 aliphatic carbocycles. The maximum atomic E-state index is 13.1. The van der Waals surface area contributed by atoms with Crippen LogP contribution in [0, 0.1) is 5.41 Å². The number of carbonyl (C=O) groups excluding carboxylic acids is 3. The lowest BCUT2D eigenvalue weighted by Crippen LogP contribution is -2.51. The molecule has 3 fully saturated rings. The molecule has 2 atom stereocenters. The molecule has 190 valence electrons. The van der Waals surface area contributed by atoms with E-state index in [0.717, 1.165) is 24.8 Å². The third-order valence-electron chi connectivity index (χ3n) is 7.54. The van der Waals surface area contributed by atoms with Gasteiger partial charge in [-0.3, -0.25) is 14.4 Å². The van der Waals surface area contributed by atoms with Crippen LogP contribution in [0.4, 0.5) is 0 Å². The number of rotatable bonds is 7. The second kappa shape index (κ2) is 11.1. The average molecular weight is 504 g/mol.